The molecular formula is C8H15N. The summed E-state index contributed by atoms with van der Waals surface area (Å²) in [5.74, 6) is 6.15. The number of nitrogens with one attached hydrogen (secondary N) is 1. The molecule has 0 rings (SSSR count). The van der Waals surface area contributed by atoms with Gasteiger partial charge in [-0.15, -0.1) is 11.8 Å². The Morgan fingerprint density at radius 1 is 1.22 bits per heavy atom. The topological polar surface area (TPSA) is 12.0 Å². The van der Waals surface area contributed by atoms with Crippen molar-refractivity contribution in [2.45, 2.75) is 26.2 Å². The first kappa shape index (κ1) is 8.52. The van der Waals surface area contributed by atoms with Gasteiger partial charge >= 0.3 is 0 Å². The maximum Gasteiger partial charge on any atom is 0.0214 e. The molecule has 0 aromatic heterocycles. The molecule has 0 spiro atoms. The van der Waals surface area contributed by atoms with E-state index in [1.807, 2.05) is 7.05 Å². The van der Waals surface area contributed by atoms with Crippen LogP contribution in [-0.2, 0) is 0 Å². The lowest BCUT2D eigenvalue weighted by Crippen LogP contribution is -2.05. The molecule has 0 radical (unpaired) electrons. The summed E-state index contributed by atoms with van der Waals surface area (Å²) in [4.78, 5) is 0. The summed E-state index contributed by atoms with van der Waals surface area (Å²) in [6.45, 7) is 3.16. The van der Waals surface area contributed by atoms with Gasteiger partial charge in [-0.3, -0.25) is 0 Å². The van der Waals surface area contributed by atoms with Gasteiger partial charge in [0, 0.05) is 19.4 Å². The highest BCUT2D eigenvalue weighted by Crippen LogP contribution is 1.81. The summed E-state index contributed by atoms with van der Waals surface area (Å²) in [7, 11) is 1.95. The Bertz CT molecular complexity index is 96.9. The van der Waals surface area contributed by atoms with Gasteiger partial charge in [0.2, 0.25) is 0 Å². The van der Waals surface area contributed by atoms with Crippen LogP contribution in [0.2, 0.25) is 0 Å². The van der Waals surface area contributed by atoms with Crippen molar-refractivity contribution in [2.75, 3.05) is 13.6 Å². The molecule has 0 saturated heterocycles. The van der Waals surface area contributed by atoms with Crippen molar-refractivity contribution in [1.82, 2.24) is 5.32 Å². The van der Waals surface area contributed by atoms with Gasteiger partial charge in [-0.2, -0.15) is 0 Å². The van der Waals surface area contributed by atoms with Crippen molar-refractivity contribution in [3.05, 3.63) is 0 Å². The van der Waals surface area contributed by atoms with Gasteiger partial charge in [-0.1, -0.05) is 6.92 Å². The number of hydrogen-bond donors (Lipinski definition) is 1. The molecule has 0 bridgehead atoms. The minimum atomic E-state index is 0.983. The quantitative estimate of drug-likeness (QED) is 0.444. The fraction of sp³-hybridized carbons (Fsp3) is 0.750. The van der Waals surface area contributed by atoms with Crippen LogP contribution < -0.4 is 5.32 Å². The molecule has 0 aliphatic carbocycles. The van der Waals surface area contributed by atoms with Gasteiger partial charge < -0.3 is 5.32 Å². The second-order valence-electron chi connectivity index (χ2n) is 1.96. The Hall–Kier alpha value is -0.480. The molecular weight excluding hydrogens is 110 g/mol. The first-order valence-corrected chi connectivity index (χ1v) is 3.52. The van der Waals surface area contributed by atoms with E-state index >= 15 is 0 Å². The average Bonchev–Trinajstić information content (AvgIpc) is 1.89. The Morgan fingerprint density at radius 3 is 2.44 bits per heavy atom. The predicted molar refractivity (Wildman–Crippen MR) is 41.2 cm³/mol. The molecule has 0 fully saturated rings. The number of unbranched alkanes of at least 4 members (excludes halogenated alkanes) is 1. The number of rotatable bonds is 3. The predicted octanol–water partition coefficient (Wildman–Crippen LogP) is 1.40. The van der Waals surface area contributed by atoms with E-state index in [1.165, 1.54) is 6.42 Å². The normalized spacial score (nSPS) is 8.22. The van der Waals surface area contributed by atoms with E-state index in [-0.39, 0.29) is 0 Å². The third-order valence-corrected chi connectivity index (χ3v) is 1.000. The molecule has 0 unspecified atom stereocenters. The van der Waals surface area contributed by atoms with Crippen molar-refractivity contribution in [2.24, 2.45) is 0 Å². The van der Waals surface area contributed by atoms with Gasteiger partial charge in [0.25, 0.3) is 0 Å². The van der Waals surface area contributed by atoms with Crippen LogP contribution >= 0.6 is 0 Å². The van der Waals surface area contributed by atoms with Crippen LogP contribution in [0, 0.1) is 11.8 Å². The summed E-state index contributed by atoms with van der Waals surface area (Å²) in [6, 6.07) is 0. The van der Waals surface area contributed by atoms with Crippen LogP contribution in [0.15, 0.2) is 0 Å². The van der Waals surface area contributed by atoms with Crippen LogP contribution in [0.3, 0.4) is 0 Å². The molecule has 9 heavy (non-hydrogen) atoms. The minimum absolute atomic E-state index is 0.983. The van der Waals surface area contributed by atoms with E-state index in [9.17, 15) is 0 Å². The van der Waals surface area contributed by atoms with Crippen molar-refractivity contribution in [3.63, 3.8) is 0 Å². The number of hydrogen-bond acceptors (Lipinski definition) is 1. The van der Waals surface area contributed by atoms with Crippen LogP contribution in [0.1, 0.15) is 26.2 Å². The lowest BCUT2D eigenvalue weighted by atomic mass is 10.3. The van der Waals surface area contributed by atoms with E-state index in [4.69, 9.17) is 0 Å². The molecule has 0 aliphatic rings. The maximum absolute atomic E-state index is 3.08. The monoisotopic (exact) mass is 125 g/mol. The molecule has 1 N–H and O–H groups in total. The zero-order valence-corrected chi connectivity index (χ0v) is 6.33. The van der Waals surface area contributed by atoms with E-state index in [2.05, 4.69) is 24.1 Å². The van der Waals surface area contributed by atoms with Crippen molar-refractivity contribution in [3.8, 4) is 11.8 Å². The van der Waals surface area contributed by atoms with Crippen LogP contribution in [-0.4, -0.2) is 13.6 Å². The Labute approximate surface area is 57.8 Å². The summed E-state index contributed by atoms with van der Waals surface area (Å²) >= 11 is 0. The third kappa shape index (κ3) is 7.52. The van der Waals surface area contributed by atoms with Crippen LogP contribution in [0.25, 0.3) is 0 Å². The average molecular weight is 125 g/mol. The Morgan fingerprint density at radius 2 is 1.89 bits per heavy atom. The van der Waals surface area contributed by atoms with Gasteiger partial charge in [0.15, 0.2) is 0 Å². The smallest absolute Gasteiger partial charge is 0.0214 e. The van der Waals surface area contributed by atoms with Gasteiger partial charge in [0.05, 0.1) is 0 Å². The lowest BCUT2D eigenvalue weighted by Gasteiger charge is -1.86. The van der Waals surface area contributed by atoms with E-state index in [0.29, 0.717) is 0 Å². The second kappa shape index (κ2) is 7.52. The van der Waals surface area contributed by atoms with E-state index in [0.717, 1.165) is 19.4 Å². The lowest BCUT2D eigenvalue weighted by molar-refractivity contribution is 0.817. The highest BCUT2D eigenvalue weighted by Gasteiger charge is 1.73. The molecule has 1 heteroatoms. The molecule has 0 heterocycles. The molecule has 0 amide bonds. The molecule has 1 nitrogen and oxygen atoms in total. The highest BCUT2D eigenvalue weighted by atomic mass is 14.8. The third-order valence-electron chi connectivity index (χ3n) is 1.000. The first-order chi connectivity index (χ1) is 4.41. The summed E-state index contributed by atoms with van der Waals surface area (Å²) in [5.41, 5.74) is 0. The zero-order valence-electron chi connectivity index (χ0n) is 6.33. The Balaban J connectivity index is 2.96. The fourth-order valence-corrected chi connectivity index (χ4v) is 0.489. The zero-order chi connectivity index (χ0) is 6.95. The molecule has 0 aromatic rings. The van der Waals surface area contributed by atoms with E-state index in [1.54, 1.807) is 0 Å². The standard InChI is InChI=1S/C8H15N/c1-3-4-5-6-7-8-9-2/h9H,3-4,7-8H2,1-2H3. The minimum Gasteiger partial charge on any atom is -0.319 e. The van der Waals surface area contributed by atoms with Gasteiger partial charge in [0.1, 0.15) is 0 Å². The Kier molecular flexibility index (Phi) is 7.12. The van der Waals surface area contributed by atoms with Gasteiger partial charge in [-0.05, 0) is 13.5 Å². The maximum atomic E-state index is 3.08. The SMILES string of the molecule is CCCC#CCCNC. The van der Waals surface area contributed by atoms with Crippen molar-refractivity contribution < 1.29 is 0 Å². The second-order valence-corrected chi connectivity index (χ2v) is 1.96. The first-order valence-electron chi connectivity index (χ1n) is 3.52. The largest absolute Gasteiger partial charge is 0.319 e. The van der Waals surface area contributed by atoms with Crippen LogP contribution in [0.4, 0.5) is 0 Å². The van der Waals surface area contributed by atoms with Crippen molar-refractivity contribution >= 4 is 0 Å². The summed E-state index contributed by atoms with van der Waals surface area (Å²) in [6.07, 6.45) is 3.20. The van der Waals surface area contributed by atoms with Gasteiger partial charge in [-0.25, -0.2) is 0 Å². The van der Waals surface area contributed by atoms with Crippen LogP contribution in [0.5, 0.6) is 0 Å². The summed E-state index contributed by atoms with van der Waals surface area (Å²) < 4.78 is 0. The fourth-order valence-electron chi connectivity index (χ4n) is 0.489. The van der Waals surface area contributed by atoms with Crippen molar-refractivity contribution in [1.29, 1.82) is 0 Å². The highest BCUT2D eigenvalue weighted by molar-refractivity contribution is 4.98. The molecule has 52 valence electrons. The van der Waals surface area contributed by atoms with E-state index < -0.39 is 0 Å². The molecule has 0 atom stereocenters. The summed E-state index contributed by atoms with van der Waals surface area (Å²) in [5, 5.41) is 3.04. The molecule has 0 saturated carbocycles. The molecule has 0 aromatic carbocycles. The molecule has 0 aliphatic heterocycles.